The van der Waals surface area contributed by atoms with Gasteiger partial charge in [-0.25, -0.2) is 9.37 Å². The molecule has 6 rings (SSSR count). The van der Waals surface area contributed by atoms with Crippen LogP contribution in [0.5, 0.6) is 0 Å². The number of carbonyl (C=O) groups excluding carboxylic acids is 1. The van der Waals surface area contributed by atoms with E-state index in [-0.39, 0.29) is 11.7 Å². The number of hydrogen-bond acceptors (Lipinski definition) is 5. The number of benzene rings is 2. The van der Waals surface area contributed by atoms with E-state index in [1.54, 1.807) is 42.2 Å². The predicted octanol–water partition coefficient (Wildman–Crippen LogP) is 4.91. The normalized spacial score (nSPS) is 15.3. The van der Waals surface area contributed by atoms with E-state index < -0.39 is 13.1 Å². The number of fused-ring (bicyclic) bond motifs is 2. The van der Waals surface area contributed by atoms with Crippen molar-refractivity contribution in [2.24, 2.45) is 0 Å². The highest BCUT2D eigenvalue weighted by Gasteiger charge is 2.35. The second kappa shape index (κ2) is 9.85. The van der Waals surface area contributed by atoms with Crippen LogP contribution in [-0.4, -0.2) is 43.8 Å². The van der Waals surface area contributed by atoms with Crippen molar-refractivity contribution in [3.8, 4) is 22.4 Å². The highest BCUT2D eigenvalue weighted by Crippen LogP contribution is 2.38. The summed E-state index contributed by atoms with van der Waals surface area (Å²) in [6.07, 6.45) is 3.94. The lowest BCUT2D eigenvalue weighted by Crippen LogP contribution is -2.53. The zero-order valence-electron chi connectivity index (χ0n) is 20.7. The van der Waals surface area contributed by atoms with E-state index >= 15 is 0 Å². The summed E-state index contributed by atoms with van der Waals surface area (Å²) >= 11 is 0. The fourth-order valence-corrected chi connectivity index (χ4v) is 5.18. The summed E-state index contributed by atoms with van der Waals surface area (Å²) in [4.78, 5) is 27.4. The van der Waals surface area contributed by atoms with Gasteiger partial charge in [-0.1, -0.05) is 24.3 Å². The van der Waals surface area contributed by atoms with E-state index in [4.69, 9.17) is 4.98 Å². The van der Waals surface area contributed by atoms with Gasteiger partial charge in [-0.15, -0.1) is 0 Å². The van der Waals surface area contributed by atoms with Crippen LogP contribution in [0.3, 0.4) is 0 Å². The van der Waals surface area contributed by atoms with Crippen LogP contribution in [0.2, 0.25) is 6.82 Å². The minimum atomic E-state index is -0.779. The minimum absolute atomic E-state index is 0.230. The molecule has 38 heavy (non-hydrogen) atoms. The van der Waals surface area contributed by atoms with Gasteiger partial charge in [-0.2, -0.15) is 0 Å². The van der Waals surface area contributed by atoms with Crippen molar-refractivity contribution in [2.75, 3.05) is 5.32 Å². The van der Waals surface area contributed by atoms with E-state index in [9.17, 15) is 14.2 Å². The second-order valence-electron chi connectivity index (χ2n) is 9.49. The lowest BCUT2D eigenvalue weighted by molar-refractivity contribution is -0.120. The summed E-state index contributed by atoms with van der Waals surface area (Å²) in [6.45, 7) is 2.17. The lowest BCUT2D eigenvalue weighted by atomic mass is 9.78. The minimum Gasteiger partial charge on any atom is -0.437 e. The quantitative estimate of drug-likeness (QED) is 0.295. The van der Waals surface area contributed by atoms with E-state index in [1.807, 2.05) is 42.5 Å². The van der Waals surface area contributed by atoms with Crippen molar-refractivity contribution in [1.82, 2.24) is 19.8 Å². The van der Waals surface area contributed by atoms with Crippen LogP contribution in [0.15, 0.2) is 85.2 Å². The van der Waals surface area contributed by atoms with E-state index in [1.165, 1.54) is 12.1 Å². The summed E-state index contributed by atoms with van der Waals surface area (Å²) in [7, 11) is -0.779. The van der Waals surface area contributed by atoms with Crippen molar-refractivity contribution in [3.63, 3.8) is 0 Å². The number of amides is 1. The number of anilines is 1. The summed E-state index contributed by atoms with van der Waals surface area (Å²) in [5, 5.41) is 14.2. The van der Waals surface area contributed by atoms with Crippen molar-refractivity contribution in [3.05, 3.63) is 102 Å². The van der Waals surface area contributed by atoms with Crippen molar-refractivity contribution < 1.29 is 14.2 Å². The molecule has 1 aliphatic rings. The maximum Gasteiger partial charge on any atom is 0.377 e. The standard InChI is InChI=1S/C29H25BFN5O2/c1-30(38)36-17-21-5-3-2-4-20(21)16-24(36)29(37)34-25-11-10-23-26(18-12-14-32-15-13-18)27(35-28(23)33-25)19-6-8-22(31)9-7-19/h2-15,24,38H,16-17H2,1H3,(H2,33,34,35,37)/t24-/m0/s1. The van der Waals surface area contributed by atoms with Crippen LogP contribution in [0.1, 0.15) is 11.1 Å². The average Bonchev–Trinajstić information content (AvgIpc) is 3.32. The van der Waals surface area contributed by atoms with Gasteiger partial charge in [0.05, 0.1) is 11.7 Å². The van der Waals surface area contributed by atoms with Gasteiger partial charge in [0.25, 0.3) is 0 Å². The molecular formula is C29H25BFN5O2. The van der Waals surface area contributed by atoms with Crippen molar-refractivity contribution in [1.29, 1.82) is 0 Å². The Balaban J connectivity index is 1.35. The van der Waals surface area contributed by atoms with Crippen LogP contribution < -0.4 is 5.32 Å². The predicted molar refractivity (Wildman–Crippen MR) is 147 cm³/mol. The average molecular weight is 505 g/mol. The largest absolute Gasteiger partial charge is 0.437 e. The molecule has 1 aliphatic heterocycles. The summed E-state index contributed by atoms with van der Waals surface area (Å²) in [5.41, 5.74) is 6.28. The third kappa shape index (κ3) is 4.46. The van der Waals surface area contributed by atoms with Gasteiger partial charge >= 0.3 is 7.05 Å². The van der Waals surface area contributed by atoms with Gasteiger partial charge in [0.1, 0.15) is 17.3 Å². The number of aromatic nitrogens is 3. The number of carbonyl (C=O) groups is 1. The Morgan fingerprint density at radius 2 is 1.76 bits per heavy atom. The first-order valence-corrected chi connectivity index (χ1v) is 12.5. The molecule has 3 aromatic heterocycles. The number of halogens is 1. The van der Waals surface area contributed by atoms with Gasteiger partial charge in [-0.3, -0.25) is 9.78 Å². The van der Waals surface area contributed by atoms with Gasteiger partial charge in [0.2, 0.25) is 5.91 Å². The maximum atomic E-state index is 13.6. The van der Waals surface area contributed by atoms with Gasteiger partial charge < -0.3 is 20.1 Å². The molecule has 188 valence electrons. The second-order valence-corrected chi connectivity index (χ2v) is 9.49. The highest BCUT2D eigenvalue weighted by atomic mass is 19.1. The van der Waals surface area contributed by atoms with Gasteiger partial charge in [0.15, 0.2) is 0 Å². The van der Waals surface area contributed by atoms with Crippen LogP contribution in [0.4, 0.5) is 10.2 Å². The van der Waals surface area contributed by atoms with Crippen LogP contribution in [0.25, 0.3) is 33.4 Å². The number of nitrogens with one attached hydrogen (secondary N) is 2. The molecular weight excluding hydrogens is 480 g/mol. The van der Waals surface area contributed by atoms with E-state index in [0.717, 1.165) is 38.9 Å². The van der Waals surface area contributed by atoms with Crippen LogP contribution in [0, 0.1) is 5.82 Å². The first-order chi connectivity index (χ1) is 18.5. The molecule has 2 aromatic carbocycles. The lowest BCUT2D eigenvalue weighted by Gasteiger charge is -2.36. The third-order valence-corrected chi connectivity index (χ3v) is 7.08. The Hall–Kier alpha value is -4.34. The molecule has 0 saturated carbocycles. The molecule has 9 heteroatoms. The van der Waals surface area contributed by atoms with E-state index in [0.29, 0.717) is 24.4 Å². The molecule has 7 nitrogen and oxygen atoms in total. The molecule has 4 heterocycles. The summed E-state index contributed by atoms with van der Waals surface area (Å²) in [6, 6.07) is 21.3. The number of H-pyrrole nitrogens is 1. The third-order valence-electron chi connectivity index (χ3n) is 7.08. The first-order valence-electron chi connectivity index (χ1n) is 12.5. The number of pyridine rings is 2. The molecule has 1 amide bonds. The summed E-state index contributed by atoms with van der Waals surface area (Å²) in [5.74, 6) is -0.137. The number of rotatable bonds is 5. The number of aromatic amines is 1. The fraction of sp³-hybridized carbons (Fsp3) is 0.138. The number of nitrogens with zero attached hydrogens (tertiary/aromatic N) is 3. The molecule has 0 spiro atoms. The Kier molecular flexibility index (Phi) is 6.23. The zero-order valence-corrected chi connectivity index (χ0v) is 20.7. The Morgan fingerprint density at radius 3 is 2.50 bits per heavy atom. The fourth-order valence-electron chi connectivity index (χ4n) is 5.18. The highest BCUT2D eigenvalue weighted by molar-refractivity contribution is 6.45. The molecule has 0 aliphatic carbocycles. The Bertz CT molecular complexity index is 1620. The van der Waals surface area contributed by atoms with Gasteiger partial charge in [-0.05, 0) is 84.0 Å². The first kappa shape index (κ1) is 24.0. The monoisotopic (exact) mass is 505 g/mol. The van der Waals surface area contributed by atoms with Crippen LogP contribution >= 0.6 is 0 Å². The molecule has 0 unspecified atom stereocenters. The number of hydrogen-bond donors (Lipinski definition) is 3. The zero-order chi connectivity index (χ0) is 26.2. The smallest absolute Gasteiger partial charge is 0.377 e. The summed E-state index contributed by atoms with van der Waals surface area (Å²) < 4.78 is 13.6. The molecule has 0 fully saturated rings. The molecule has 0 saturated heterocycles. The Morgan fingerprint density at radius 1 is 1.03 bits per heavy atom. The van der Waals surface area contributed by atoms with Crippen molar-refractivity contribution >= 4 is 29.8 Å². The molecule has 1 atom stereocenters. The van der Waals surface area contributed by atoms with E-state index in [2.05, 4.69) is 15.3 Å². The molecule has 0 radical (unpaired) electrons. The topological polar surface area (TPSA) is 94.1 Å². The maximum absolute atomic E-state index is 13.6. The Labute approximate surface area is 219 Å². The van der Waals surface area contributed by atoms with Crippen molar-refractivity contribution in [2.45, 2.75) is 25.8 Å². The molecule has 0 bridgehead atoms. The molecule has 5 aromatic rings. The molecule has 3 N–H and O–H groups in total. The van der Waals surface area contributed by atoms with Gasteiger partial charge in [0, 0.05) is 29.9 Å². The SMILES string of the molecule is CB(O)N1Cc2ccccc2C[C@H]1C(=O)Nc1ccc2c(-c3ccncc3)c(-c3ccc(F)cc3)[nH]c2n1. The van der Waals surface area contributed by atoms with Crippen LogP contribution in [-0.2, 0) is 17.8 Å².